The fourth-order valence-corrected chi connectivity index (χ4v) is 1.64. The second kappa shape index (κ2) is 7.73. The van der Waals surface area contributed by atoms with E-state index >= 15 is 0 Å². The SMILES string of the molecule is CCOC(=O)/C=C/c1ccc(N=Nc2ccc(O)cc2)cc1. The molecule has 0 aliphatic heterocycles. The molecule has 0 atom stereocenters. The molecule has 2 rings (SSSR count). The lowest BCUT2D eigenvalue weighted by atomic mass is 10.2. The van der Waals surface area contributed by atoms with Gasteiger partial charge in [-0.3, -0.25) is 0 Å². The van der Waals surface area contributed by atoms with Crippen LogP contribution < -0.4 is 0 Å². The maximum atomic E-state index is 11.2. The molecule has 0 aromatic heterocycles. The second-order valence-electron chi connectivity index (χ2n) is 4.39. The Kier molecular flexibility index (Phi) is 5.43. The summed E-state index contributed by atoms with van der Waals surface area (Å²) in [4.78, 5) is 11.2. The van der Waals surface area contributed by atoms with Crippen LogP contribution in [0.15, 0.2) is 64.8 Å². The molecule has 0 saturated heterocycles. The van der Waals surface area contributed by atoms with Gasteiger partial charge < -0.3 is 9.84 Å². The van der Waals surface area contributed by atoms with Crippen molar-refractivity contribution in [1.29, 1.82) is 0 Å². The van der Waals surface area contributed by atoms with Gasteiger partial charge in [0.2, 0.25) is 0 Å². The van der Waals surface area contributed by atoms with Gasteiger partial charge in [-0.25, -0.2) is 4.79 Å². The van der Waals surface area contributed by atoms with Gasteiger partial charge in [-0.05, 0) is 55.0 Å². The normalized spacial score (nSPS) is 11.1. The van der Waals surface area contributed by atoms with Gasteiger partial charge in [0.1, 0.15) is 5.75 Å². The number of rotatable bonds is 5. The minimum atomic E-state index is -0.362. The minimum absolute atomic E-state index is 0.191. The number of ether oxygens (including phenoxy) is 1. The number of nitrogens with zero attached hydrogens (tertiary/aromatic N) is 2. The molecule has 0 saturated carbocycles. The number of hydrogen-bond donors (Lipinski definition) is 1. The first kappa shape index (κ1) is 15.4. The number of carbonyl (C=O) groups is 1. The van der Waals surface area contributed by atoms with Crippen molar-refractivity contribution in [2.24, 2.45) is 10.2 Å². The molecule has 112 valence electrons. The van der Waals surface area contributed by atoms with Crippen LogP contribution in [0.25, 0.3) is 6.08 Å². The predicted octanol–water partition coefficient (Wildman–Crippen LogP) is 4.38. The Morgan fingerprint density at radius 1 is 1.05 bits per heavy atom. The third-order valence-corrected chi connectivity index (χ3v) is 2.72. The molecule has 22 heavy (non-hydrogen) atoms. The average Bonchev–Trinajstić information content (AvgIpc) is 2.54. The van der Waals surface area contributed by atoms with Gasteiger partial charge in [0.25, 0.3) is 0 Å². The van der Waals surface area contributed by atoms with E-state index in [1.165, 1.54) is 6.08 Å². The summed E-state index contributed by atoms with van der Waals surface area (Å²) in [6.45, 7) is 2.12. The Bertz CT molecular complexity index is 674. The molecule has 0 spiro atoms. The number of carbonyl (C=O) groups excluding carboxylic acids is 1. The van der Waals surface area contributed by atoms with Gasteiger partial charge in [0.05, 0.1) is 18.0 Å². The lowest BCUT2D eigenvalue weighted by Gasteiger charge is -1.97. The molecule has 0 radical (unpaired) electrons. The largest absolute Gasteiger partial charge is 0.508 e. The maximum absolute atomic E-state index is 11.2. The number of benzene rings is 2. The second-order valence-corrected chi connectivity index (χ2v) is 4.39. The Balaban J connectivity index is 1.99. The molecule has 0 aliphatic carbocycles. The molecular formula is C17H16N2O3. The van der Waals surface area contributed by atoms with E-state index in [1.807, 2.05) is 12.1 Å². The number of hydrogen-bond acceptors (Lipinski definition) is 5. The molecule has 0 heterocycles. The van der Waals surface area contributed by atoms with Crippen molar-refractivity contribution in [3.63, 3.8) is 0 Å². The van der Waals surface area contributed by atoms with Crippen LogP contribution in [0.4, 0.5) is 11.4 Å². The van der Waals surface area contributed by atoms with Gasteiger partial charge in [0, 0.05) is 6.08 Å². The van der Waals surface area contributed by atoms with E-state index in [1.54, 1.807) is 49.4 Å². The quantitative estimate of drug-likeness (QED) is 0.505. The highest BCUT2D eigenvalue weighted by molar-refractivity contribution is 5.87. The van der Waals surface area contributed by atoms with E-state index in [0.717, 1.165) is 5.56 Å². The van der Waals surface area contributed by atoms with Gasteiger partial charge in [-0.1, -0.05) is 12.1 Å². The van der Waals surface area contributed by atoms with Crippen molar-refractivity contribution in [3.8, 4) is 5.75 Å². The molecule has 0 unspecified atom stereocenters. The van der Waals surface area contributed by atoms with Crippen molar-refractivity contribution in [2.45, 2.75) is 6.92 Å². The molecule has 0 aliphatic rings. The van der Waals surface area contributed by atoms with E-state index in [-0.39, 0.29) is 11.7 Å². The van der Waals surface area contributed by atoms with Crippen LogP contribution in [0.1, 0.15) is 12.5 Å². The molecule has 1 N–H and O–H groups in total. The zero-order valence-corrected chi connectivity index (χ0v) is 12.1. The van der Waals surface area contributed by atoms with E-state index in [0.29, 0.717) is 18.0 Å². The van der Waals surface area contributed by atoms with Crippen molar-refractivity contribution in [2.75, 3.05) is 6.61 Å². The number of esters is 1. The summed E-state index contributed by atoms with van der Waals surface area (Å²) in [6.07, 6.45) is 3.06. The van der Waals surface area contributed by atoms with Crippen molar-refractivity contribution in [3.05, 3.63) is 60.2 Å². The maximum Gasteiger partial charge on any atom is 0.330 e. The number of phenols is 1. The van der Waals surface area contributed by atoms with Crippen LogP contribution in [0.5, 0.6) is 5.75 Å². The summed E-state index contributed by atoms with van der Waals surface area (Å²) in [5, 5.41) is 17.4. The standard InChI is InChI=1S/C17H16N2O3/c1-2-22-17(21)12-5-13-3-6-14(7-4-13)18-19-15-8-10-16(20)11-9-15/h3-12,20H,2H2,1H3/b12-5+,19-18?. The van der Waals surface area contributed by atoms with Crippen molar-refractivity contribution in [1.82, 2.24) is 0 Å². The van der Waals surface area contributed by atoms with Crippen molar-refractivity contribution < 1.29 is 14.6 Å². The summed E-state index contributed by atoms with van der Waals surface area (Å²) >= 11 is 0. The zero-order valence-electron chi connectivity index (χ0n) is 12.1. The summed E-state index contributed by atoms with van der Waals surface area (Å²) in [6, 6.07) is 13.7. The molecule has 5 heteroatoms. The van der Waals surface area contributed by atoms with Crippen LogP contribution >= 0.6 is 0 Å². The Labute approximate surface area is 128 Å². The first-order chi connectivity index (χ1) is 10.7. The van der Waals surface area contributed by atoms with Crippen LogP contribution in [0.3, 0.4) is 0 Å². The van der Waals surface area contributed by atoms with Gasteiger partial charge in [-0.15, -0.1) is 0 Å². The predicted molar refractivity (Wildman–Crippen MR) is 84.4 cm³/mol. The first-order valence-electron chi connectivity index (χ1n) is 6.83. The van der Waals surface area contributed by atoms with E-state index in [9.17, 15) is 9.90 Å². The molecule has 2 aromatic carbocycles. The smallest absolute Gasteiger partial charge is 0.330 e. The lowest BCUT2D eigenvalue weighted by molar-refractivity contribution is -0.137. The van der Waals surface area contributed by atoms with Gasteiger partial charge in [0.15, 0.2) is 0 Å². The van der Waals surface area contributed by atoms with Crippen LogP contribution in [-0.2, 0) is 9.53 Å². The Morgan fingerprint density at radius 2 is 1.59 bits per heavy atom. The monoisotopic (exact) mass is 296 g/mol. The average molecular weight is 296 g/mol. The van der Waals surface area contributed by atoms with Gasteiger partial charge in [-0.2, -0.15) is 10.2 Å². The van der Waals surface area contributed by atoms with Crippen molar-refractivity contribution >= 4 is 23.4 Å². The highest BCUT2D eigenvalue weighted by Crippen LogP contribution is 2.21. The highest BCUT2D eigenvalue weighted by atomic mass is 16.5. The summed E-state index contributed by atoms with van der Waals surface area (Å²) in [5.74, 6) is -0.171. The first-order valence-corrected chi connectivity index (χ1v) is 6.83. The third-order valence-electron chi connectivity index (χ3n) is 2.72. The highest BCUT2D eigenvalue weighted by Gasteiger charge is 1.95. The zero-order chi connectivity index (χ0) is 15.8. The summed E-state index contributed by atoms with van der Waals surface area (Å²) < 4.78 is 4.81. The third kappa shape index (κ3) is 4.86. The summed E-state index contributed by atoms with van der Waals surface area (Å²) in [7, 11) is 0. The number of azo groups is 1. The molecule has 5 nitrogen and oxygen atoms in total. The molecule has 0 fully saturated rings. The van der Waals surface area contributed by atoms with Crippen LogP contribution in [-0.4, -0.2) is 17.7 Å². The molecule has 0 bridgehead atoms. The fraction of sp³-hybridized carbons (Fsp3) is 0.118. The van der Waals surface area contributed by atoms with Crippen LogP contribution in [0.2, 0.25) is 0 Å². The number of phenolic OH excluding ortho intramolecular Hbond substituents is 1. The minimum Gasteiger partial charge on any atom is -0.508 e. The Hall–Kier alpha value is -2.95. The summed E-state index contributed by atoms with van der Waals surface area (Å²) in [5.41, 5.74) is 2.22. The lowest BCUT2D eigenvalue weighted by Crippen LogP contribution is -1.98. The fourth-order valence-electron chi connectivity index (χ4n) is 1.64. The molecular weight excluding hydrogens is 280 g/mol. The molecule has 0 amide bonds. The molecule has 2 aromatic rings. The Morgan fingerprint density at radius 3 is 2.14 bits per heavy atom. The van der Waals surface area contributed by atoms with E-state index in [4.69, 9.17) is 4.74 Å². The van der Waals surface area contributed by atoms with Gasteiger partial charge >= 0.3 is 5.97 Å². The van der Waals surface area contributed by atoms with E-state index in [2.05, 4.69) is 10.2 Å². The van der Waals surface area contributed by atoms with Crippen LogP contribution in [0, 0.1) is 0 Å². The number of aromatic hydroxyl groups is 1. The topological polar surface area (TPSA) is 71.2 Å². The van der Waals surface area contributed by atoms with E-state index < -0.39 is 0 Å².